The first-order chi connectivity index (χ1) is 8.13. The monoisotopic (exact) mass is 231 g/mol. The number of pyridine rings is 1. The summed E-state index contributed by atoms with van der Waals surface area (Å²) in [7, 11) is 0. The van der Waals surface area contributed by atoms with E-state index < -0.39 is 0 Å². The first-order valence-electron chi connectivity index (χ1n) is 5.43. The number of carbonyl (C=O) groups is 1. The molecule has 0 saturated heterocycles. The number of H-pyrrole nitrogens is 1. The maximum absolute atomic E-state index is 12.2. The lowest BCUT2D eigenvalue weighted by Crippen LogP contribution is -2.17. The van der Waals surface area contributed by atoms with Crippen molar-refractivity contribution in [3.63, 3.8) is 0 Å². The molecule has 88 valence electrons. The predicted octanol–water partition coefficient (Wildman–Crippen LogP) is 2.07. The van der Waals surface area contributed by atoms with Crippen molar-refractivity contribution < 1.29 is 9.21 Å². The van der Waals surface area contributed by atoms with Gasteiger partial charge in [-0.15, -0.1) is 0 Å². The van der Waals surface area contributed by atoms with E-state index in [0.29, 0.717) is 28.8 Å². The van der Waals surface area contributed by atoms with Crippen molar-refractivity contribution in [3.05, 3.63) is 57.4 Å². The van der Waals surface area contributed by atoms with Crippen molar-refractivity contribution in [1.82, 2.24) is 4.98 Å². The lowest BCUT2D eigenvalue weighted by atomic mass is 10.0. The van der Waals surface area contributed by atoms with E-state index in [0.717, 1.165) is 0 Å². The molecule has 2 heterocycles. The molecule has 17 heavy (non-hydrogen) atoms. The van der Waals surface area contributed by atoms with Gasteiger partial charge < -0.3 is 9.40 Å². The molecule has 2 rings (SSSR count). The Labute approximate surface area is 98.3 Å². The summed E-state index contributed by atoms with van der Waals surface area (Å²) in [4.78, 5) is 26.4. The fourth-order valence-corrected chi connectivity index (χ4v) is 1.70. The van der Waals surface area contributed by atoms with Gasteiger partial charge in [-0.2, -0.15) is 0 Å². The molecule has 0 saturated carbocycles. The molecule has 0 aliphatic rings. The summed E-state index contributed by atoms with van der Waals surface area (Å²) >= 11 is 0. The number of furan rings is 1. The molecular formula is C13H13NO3. The minimum absolute atomic E-state index is 0.130. The molecule has 0 spiro atoms. The van der Waals surface area contributed by atoms with Crippen LogP contribution in [0.25, 0.3) is 0 Å². The van der Waals surface area contributed by atoms with Crippen molar-refractivity contribution >= 4 is 5.78 Å². The number of aromatic amines is 1. The van der Waals surface area contributed by atoms with Crippen LogP contribution in [0.2, 0.25) is 0 Å². The predicted molar refractivity (Wildman–Crippen MR) is 63.3 cm³/mol. The number of carbonyl (C=O) groups excluding carboxylic acids is 1. The van der Waals surface area contributed by atoms with Gasteiger partial charge in [0.15, 0.2) is 5.78 Å². The van der Waals surface area contributed by atoms with Crippen molar-refractivity contribution in [1.29, 1.82) is 0 Å². The summed E-state index contributed by atoms with van der Waals surface area (Å²) in [6.45, 7) is 3.58. The van der Waals surface area contributed by atoms with Crippen LogP contribution in [0, 0.1) is 6.92 Å². The molecule has 2 aromatic heterocycles. The third-order valence-corrected chi connectivity index (χ3v) is 2.69. The van der Waals surface area contributed by atoms with Gasteiger partial charge >= 0.3 is 0 Å². The van der Waals surface area contributed by atoms with Crippen LogP contribution in [0.4, 0.5) is 0 Å². The third kappa shape index (κ3) is 2.06. The van der Waals surface area contributed by atoms with Crippen molar-refractivity contribution in [2.75, 3.05) is 0 Å². The maximum atomic E-state index is 12.2. The quantitative estimate of drug-likeness (QED) is 0.822. The SMILES string of the molecule is CCc1[nH]c(=O)c(C)cc1C(=O)c1ccoc1. The molecule has 0 aliphatic heterocycles. The summed E-state index contributed by atoms with van der Waals surface area (Å²) in [5.74, 6) is -0.130. The minimum atomic E-state index is -0.148. The fraction of sp³-hybridized carbons (Fsp3) is 0.231. The van der Waals surface area contributed by atoms with Crippen LogP contribution in [0.5, 0.6) is 0 Å². The van der Waals surface area contributed by atoms with Crippen molar-refractivity contribution in [2.24, 2.45) is 0 Å². The fourth-order valence-electron chi connectivity index (χ4n) is 1.70. The lowest BCUT2D eigenvalue weighted by Gasteiger charge is -2.06. The van der Waals surface area contributed by atoms with Gasteiger partial charge in [0.2, 0.25) is 0 Å². The molecule has 0 aliphatic carbocycles. The highest BCUT2D eigenvalue weighted by atomic mass is 16.3. The number of rotatable bonds is 3. The van der Waals surface area contributed by atoms with Gasteiger partial charge in [-0.25, -0.2) is 0 Å². The average Bonchev–Trinajstić information content (AvgIpc) is 2.84. The normalized spacial score (nSPS) is 10.5. The highest BCUT2D eigenvalue weighted by molar-refractivity contribution is 6.09. The molecule has 0 amide bonds. The van der Waals surface area contributed by atoms with E-state index in [2.05, 4.69) is 4.98 Å². The standard InChI is InChI=1S/C13H13NO3/c1-3-11-10(6-8(2)13(16)14-11)12(15)9-4-5-17-7-9/h4-7H,3H2,1-2H3,(H,14,16). The first-order valence-corrected chi connectivity index (χ1v) is 5.43. The van der Waals surface area contributed by atoms with E-state index in [9.17, 15) is 9.59 Å². The van der Waals surface area contributed by atoms with Crippen LogP contribution in [0.3, 0.4) is 0 Å². The Bertz CT molecular complexity index is 594. The van der Waals surface area contributed by atoms with Gasteiger partial charge in [0.25, 0.3) is 5.56 Å². The summed E-state index contributed by atoms with van der Waals surface area (Å²) in [6.07, 6.45) is 3.47. The molecule has 0 bridgehead atoms. The maximum Gasteiger partial charge on any atom is 0.251 e. The Kier molecular flexibility index (Phi) is 2.95. The average molecular weight is 231 g/mol. The van der Waals surface area contributed by atoms with Crippen LogP contribution in [0.1, 0.15) is 34.1 Å². The van der Waals surface area contributed by atoms with Gasteiger partial charge in [0, 0.05) is 16.8 Å². The second-order valence-corrected chi connectivity index (χ2v) is 3.87. The molecule has 0 radical (unpaired) electrons. The molecule has 4 heteroatoms. The zero-order valence-electron chi connectivity index (χ0n) is 9.74. The Hall–Kier alpha value is -2.10. The Morgan fingerprint density at radius 1 is 1.47 bits per heavy atom. The molecule has 0 atom stereocenters. The summed E-state index contributed by atoms with van der Waals surface area (Å²) in [6, 6.07) is 3.25. The molecule has 1 N–H and O–H groups in total. The van der Waals surface area contributed by atoms with Gasteiger partial charge in [-0.05, 0) is 25.5 Å². The summed E-state index contributed by atoms with van der Waals surface area (Å²) < 4.78 is 4.89. The number of hydrogen-bond donors (Lipinski definition) is 1. The Morgan fingerprint density at radius 3 is 2.82 bits per heavy atom. The van der Waals surface area contributed by atoms with Crippen LogP contribution in [-0.4, -0.2) is 10.8 Å². The molecule has 4 nitrogen and oxygen atoms in total. The zero-order chi connectivity index (χ0) is 12.4. The van der Waals surface area contributed by atoms with Crippen LogP contribution in [-0.2, 0) is 6.42 Å². The van der Waals surface area contributed by atoms with E-state index in [4.69, 9.17) is 4.42 Å². The number of ketones is 1. The van der Waals surface area contributed by atoms with E-state index in [1.165, 1.54) is 12.5 Å². The Balaban J connectivity index is 2.55. The van der Waals surface area contributed by atoms with E-state index in [-0.39, 0.29) is 11.3 Å². The van der Waals surface area contributed by atoms with Gasteiger partial charge in [0.1, 0.15) is 6.26 Å². The number of nitrogens with one attached hydrogen (secondary N) is 1. The molecule has 0 unspecified atom stereocenters. The van der Waals surface area contributed by atoms with Crippen LogP contribution < -0.4 is 5.56 Å². The molecule has 0 aromatic carbocycles. The largest absolute Gasteiger partial charge is 0.472 e. The summed E-state index contributed by atoms with van der Waals surface area (Å²) in [5.41, 5.74) is 2.07. The smallest absolute Gasteiger partial charge is 0.251 e. The highest BCUT2D eigenvalue weighted by Crippen LogP contribution is 2.13. The highest BCUT2D eigenvalue weighted by Gasteiger charge is 2.15. The lowest BCUT2D eigenvalue weighted by molar-refractivity contribution is 0.103. The van der Waals surface area contributed by atoms with Gasteiger partial charge in [-0.1, -0.05) is 6.92 Å². The minimum Gasteiger partial charge on any atom is -0.472 e. The number of aromatic nitrogens is 1. The van der Waals surface area contributed by atoms with Crippen LogP contribution in [0.15, 0.2) is 33.9 Å². The van der Waals surface area contributed by atoms with Gasteiger partial charge in [-0.3, -0.25) is 9.59 Å². The molecular weight excluding hydrogens is 218 g/mol. The summed E-state index contributed by atoms with van der Waals surface area (Å²) in [5, 5.41) is 0. The second kappa shape index (κ2) is 4.41. The molecule has 0 fully saturated rings. The van der Waals surface area contributed by atoms with Gasteiger partial charge in [0.05, 0.1) is 11.8 Å². The van der Waals surface area contributed by atoms with Crippen molar-refractivity contribution in [2.45, 2.75) is 20.3 Å². The second-order valence-electron chi connectivity index (χ2n) is 3.87. The van der Waals surface area contributed by atoms with E-state index in [1.807, 2.05) is 6.92 Å². The zero-order valence-corrected chi connectivity index (χ0v) is 9.74. The van der Waals surface area contributed by atoms with Crippen LogP contribution >= 0.6 is 0 Å². The van der Waals surface area contributed by atoms with E-state index in [1.54, 1.807) is 19.1 Å². The third-order valence-electron chi connectivity index (χ3n) is 2.69. The first kappa shape index (κ1) is 11.4. The Morgan fingerprint density at radius 2 is 2.24 bits per heavy atom. The molecule has 2 aromatic rings. The number of hydrogen-bond acceptors (Lipinski definition) is 3. The topological polar surface area (TPSA) is 63.1 Å². The van der Waals surface area contributed by atoms with Crippen molar-refractivity contribution in [3.8, 4) is 0 Å². The van der Waals surface area contributed by atoms with E-state index >= 15 is 0 Å². The number of aryl methyl sites for hydroxylation is 2.